The van der Waals surface area contributed by atoms with Gasteiger partial charge in [0.05, 0.1) is 0 Å². The van der Waals surface area contributed by atoms with E-state index in [0.29, 0.717) is 17.8 Å². The maximum absolute atomic E-state index is 12.9. The second kappa shape index (κ2) is 6.12. The van der Waals surface area contributed by atoms with Gasteiger partial charge in [-0.2, -0.15) is 0 Å². The molecule has 0 radical (unpaired) electrons. The Hall–Kier alpha value is -2.82. The summed E-state index contributed by atoms with van der Waals surface area (Å²) in [4.78, 5) is 25.6. The van der Waals surface area contributed by atoms with E-state index in [-0.39, 0.29) is 5.91 Å². The average Bonchev–Trinajstić information content (AvgIpc) is 2.53. The number of nitrogens with two attached hydrogens (primary N) is 1. The quantitative estimate of drug-likeness (QED) is 0.894. The lowest BCUT2D eigenvalue weighted by Gasteiger charge is -2.30. The third-order valence-electron chi connectivity index (χ3n) is 3.98. The number of urea groups is 1. The molecule has 118 valence electrons. The zero-order valence-corrected chi connectivity index (χ0v) is 13.0. The molecule has 3 amide bonds. The molecular formula is C18H19N3O2. The highest BCUT2D eigenvalue weighted by atomic mass is 16.2. The predicted octanol–water partition coefficient (Wildman–Crippen LogP) is 3.08. The fraction of sp³-hybridized carbons (Fsp3) is 0.222. The van der Waals surface area contributed by atoms with Crippen LogP contribution in [0.2, 0.25) is 0 Å². The van der Waals surface area contributed by atoms with Crippen molar-refractivity contribution in [3.63, 3.8) is 0 Å². The maximum Gasteiger partial charge on any atom is 0.316 e. The normalized spacial score (nSPS) is 13.3. The fourth-order valence-electron chi connectivity index (χ4n) is 2.96. The number of primary amides is 1. The smallest absolute Gasteiger partial charge is 0.316 e. The van der Waals surface area contributed by atoms with Crippen molar-refractivity contribution in [3.05, 3.63) is 59.2 Å². The monoisotopic (exact) mass is 309 g/mol. The summed E-state index contributed by atoms with van der Waals surface area (Å²) in [6.07, 6.45) is 1.94. The van der Waals surface area contributed by atoms with Crippen molar-refractivity contribution in [2.24, 2.45) is 5.73 Å². The van der Waals surface area contributed by atoms with Gasteiger partial charge in [0.15, 0.2) is 0 Å². The number of anilines is 2. The molecule has 1 heterocycles. The molecule has 23 heavy (non-hydrogen) atoms. The Labute approximate surface area is 135 Å². The number of amides is 3. The number of carbonyl (C=O) groups is 2. The first-order valence-corrected chi connectivity index (χ1v) is 7.62. The van der Waals surface area contributed by atoms with Crippen molar-refractivity contribution < 1.29 is 9.59 Å². The number of benzene rings is 2. The SMILES string of the molecule is Cc1ccc2c(c1)CCCN2C(=O)c1cccc(NC(N)=O)c1. The Kier molecular flexibility index (Phi) is 4.02. The van der Waals surface area contributed by atoms with Crippen LogP contribution in [0.1, 0.15) is 27.9 Å². The minimum absolute atomic E-state index is 0.0667. The second-order valence-corrected chi connectivity index (χ2v) is 5.76. The number of aryl methyl sites for hydroxylation is 2. The zero-order chi connectivity index (χ0) is 16.4. The highest BCUT2D eigenvalue weighted by Crippen LogP contribution is 2.29. The van der Waals surface area contributed by atoms with Crippen LogP contribution in [0.5, 0.6) is 0 Å². The lowest BCUT2D eigenvalue weighted by atomic mass is 9.99. The number of nitrogens with zero attached hydrogens (tertiary/aromatic N) is 1. The van der Waals surface area contributed by atoms with Crippen LogP contribution in [-0.2, 0) is 6.42 Å². The highest BCUT2D eigenvalue weighted by Gasteiger charge is 2.23. The number of carbonyl (C=O) groups excluding carboxylic acids is 2. The fourth-order valence-corrected chi connectivity index (χ4v) is 2.96. The summed E-state index contributed by atoms with van der Waals surface area (Å²) < 4.78 is 0. The standard InChI is InChI=1S/C18H19N3O2/c1-12-7-8-16-13(10-12)5-3-9-21(16)17(22)14-4-2-6-15(11-14)20-18(19)23/h2,4,6-8,10-11H,3,5,9H2,1H3,(H3,19,20,23). The third-order valence-corrected chi connectivity index (χ3v) is 3.98. The van der Waals surface area contributed by atoms with Crippen LogP contribution in [-0.4, -0.2) is 18.5 Å². The van der Waals surface area contributed by atoms with E-state index in [1.807, 2.05) is 17.0 Å². The summed E-state index contributed by atoms with van der Waals surface area (Å²) in [6, 6.07) is 12.4. The van der Waals surface area contributed by atoms with Crippen molar-refractivity contribution in [3.8, 4) is 0 Å². The molecule has 0 spiro atoms. The summed E-state index contributed by atoms with van der Waals surface area (Å²) in [7, 11) is 0. The molecule has 5 nitrogen and oxygen atoms in total. The van der Waals surface area contributed by atoms with Crippen molar-refractivity contribution in [2.75, 3.05) is 16.8 Å². The first kappa shape index (κ1) is 15.1. The molecule has 0 saturated heterocycles. The molecule has 0 aliphatic carbocycles. The van der Waals surface area contributed by atoms with Crippen LogP contribution < -0.4 is 16.0 Å². The van der Waals surface area contributed by atoms with E-state index in [9.17, 15) is 9.59 Å². The average molecular weight is 309 g/mol. The molecule has 0 fully saturated rings. The zero-order valence-electron chi connectivity index (χ0n) is 13.0. The van der Waals surface area contributed by atoms with Gasteiger partial charge in [-0.05, 0) is 49.6 Å². The Balaban J connectivity index is 1.91. The van der Waals surface area contributed by atoms with Gasteiger partial charge in [0, 0.05) is 23.5 Å². The maximum atomic E-state index is 12.9. The number of rotatable bonds is 2. The van der Waals surface area contributed by atoms with E-state index in [4.69, 9.17) is 5.73 Å². The third kappa shape index (κ3) is 3.18. The van der Waals surface area contributed by atoms with Gasteiger partial charge in [-0.25, -0.2) is 4.79 Å². The summed E-state index contributed by atoms with van der Waals surface area (Å²) >= 11 is 0. The summed E-state index contributed by atoms with van der Waals surface area (Å²) in [5.74, 6) is -0.0667. The summed E-state index contributed by atoms with van der Waals surface area (Å²) in [6.45, 7) is 2.75. The van der Waals surface area contributed by atoms with Crippen LogP contribution >= 0.6 is 0 Å². The van der Waals surface area contributed by atoms with Gasteiger partial charge < -0.3 is 16.0 Å². The molecule has 0 aromatic heterocycles. The topological polar surface area (TPSA) is 75.4 Å². The molecular weight excluding hydrogens is 290 g/mol. The molecule has 1 aliphatic heterocycles. The Morgan fingerprint density at radius 2 is 2.00 bits per heavy atom. The van der Waals surface area contributed by atoms with E-state index in [1.165, 1.54) is 11.1 Å². The van der Waals surface area contributed by atoms with Crippen LogP contribution in [0.3, 0.4) is 0 Å². The number of nitrogens with one attached hydrogen (secondary N) is 1. The van der Waals surface area contributed by atoms with E-state index >= 15 is 0 Å². The second-order valence-electron chi connectivity index (χ2n) is 5.76. The predicted molar refractivity (Wildman–Crippen MR) is 90.8 cm³/mol. The van der Waals surface area contributed by atoms with Gasteiger partial charge in [0.1, 0.15) is 0 Å². The van der Waals surface area contributed by atoms with Crippen LogP contribution in [0.25, 0.3) is 0 Å². The molecule has 0 unspecified atom stereocenters. The molecule has 2 aromatic rings. The molecule has 3 rings (SSSR count). The molecule has 3 N–H and O–H groups in total. The van der Waals surface area contributed by atoms with Crippen molar-refractivity contribution >= 4 is 23.3 Å². The molecule has 0 bridgehead atoms. The first-order chi connectivity index (χ1) is 11.0. The van der Waals surface area contributed by atoms with Gasteiger partial charge in [0.25, 0.3) is 5.91 Å². The van der Waals surface area contributed by atoms with Gasteiger partial charge in [0.2, 0.25) is 0 Å². The number of hydrogen-bond acceptors (Lipinski definition) is 2. The van der Waals surface area contributed by atoms with Crippen LogP contribution in [0.4, 0.5) is 16.2 Å². The number of fused-ring (bicyclic) bond motifs is 1. The van der Waals surface area contributed by atoms with Gasteiger partial charge in [-0.15, -0.1) is 0 Å². The Morgan fingerprint density at radius 3 is 2.78 bits per heavy atom. The van der Waals surface area contributed by atoms with Gasteiger partial charge in [-0.3, -0.25) is 4.79 Å². The van der Waals surface area contributed by atoms with Crippen molar-refractivity contribution in [2.45, 2.75) is 19.8 Å². The van der Waals surface area contributed by atoms with Crippen molar-refractivity contribution in [1.82, 2.24) is 0 Å². The minimum atomic E-state index is -0.645. The van der Waals surface area contributed by atoms with E-state index in [1.54, 1.807) is 24.3 Å². The molecule has 2 aromatic carbocycles. The minimum Gasteiger partial charge on any atom is -0.351 e. The largest absolute Gasteiger partial charge is 0.351 e. The van der Waals surface area contributed by atoms with E-state index in [0.717, 1.165) is 18.5 Å². The van der Waals surface area contributed by atoms with E-state index < -0.39 is 6.03 Å². The highest BCUT2D eigenvalue weighted by molar-refractivity contribution is 6.07. The van der Waals surface area contributed by atoms with Gasteiger partial charge in [-0.1, -0.05) is 23.8 Å². The molecule has 0 atom stereocenters. The van der Waals surface area contributed by atoms with Crippen LogP contribution in [0, 0.1) is 6.92 Å². The lowest BCUT2D eigenvalue weighted by molar-refractivity contribution is 0.0985. The molecule has 5 heteroatoms. The summed E-state index contributed by atoms with van der Waals surface area (Å²) in [5, 5.41) is 2.50. The lowest BCUT2D eigenvalue weighted by Crippen LogP contribution is -2.35. The van der Waals surface area contributed by atoms with E-state index in [2.05, 4.69) is 18.3 Å². The summed E-state index contributed by atoms with van der Waals surface area (Å²) in [5.41, 5.74) is 9.55. The number of hydrogen-bond donors (Lipinski definition) is 2. The van der Waals surface area contributed by atoms with Crippen LogP contribution in [0.15, 0.2) is 42.5 Å². The Morgan fingerprint density at radius 1 is 1.17 bits per heavy atom. The molecule has 1 aliphatic rings. The van der Waals surface area contributed by atoms with Gasteiger partial charge >= 0.3 is 6.03 Å². The molecule has 0 saturated carbocycles. The first-order valence-electron chi connectivity index (χ1n) is 7.62. The Bertz CT molecular complexity index is 771. The van der Waals surface area contributed by atoms with Crippen molar-refractivity contribution in [1.29, 1.82) is 0 Å².